The molecule has 5 heteroatoms. The monoisotopic (exact) mass is 313 g/mol. The summed E-state index contributed by atoms with van der Waals surface area (Å²) in [6, 6.07) is 6.01. The summed E-state index contributed by atoms with van der Waals surface area (Å²) in [6.45, 7) is 3.74. The molecule has 112 valence electrons. The van der Waals surface area contributed by atoms with Gasteiger partial charge in [-0.25, -0.2) is 13.2 Å². The van der Waals surface area contributed by atoms with Crippen LogP contribution in [0.5, 0.6) is 0 Å². The van der Waals surface area contributed by atoms with Crippen molar-refractivity contribution in [3.63, 3.8) is 0 Å². The molecule has 0 saturated heterocycles. The number of nitrogens with one attached hydrogen (secondary N) is 1. The zero-order valence-corrected chi connectivity index (χ0v) is 12.4. The van der Waals surface area contributed by atoms with E-state index in [0.717, 1.165) is 0 Å². The molecular weight excluding hydrogens is 299 g/mol. The van der Waals surface area contributed by atoms with E-state index in [2.05, 4.69) is 5.32 Å². The van der Waals surface area contributed by atoms with Crippen molar-refractivity contribution in [3.8, 4) is 0 Å². The van der Waals surface area contributed by atoms with Crippen LogP contribution in [0.25, 0.3) is 0 Å². The minimum Gasteiger partial charge on any atom is -0.306 e. The summed E-state index contributed by atoms with van der Waals surface area (Å²) < 4.78 is 42.6. The molecule has 21 heavy (non-hydrogen) atoms. The van der Waals surface area contributed by atoms with E-state index >= 15 is 0 Å². The van der Waals surface area contributed by atoms with Gasteiger partial charge in [0.25, 0.3) is 0 Å². The lowest BCUT2D eigenvalue weighted by molar-refractivity contribution is 0.492. The molecule has 0 spiro atoms. The Morgan fingerprint density at radius 1 is 1.10 bits per heavy atom. The molecule has 1 unspecified atom stereocenters. The molecule has 0 heterocycles. The Morgan fingerprint density at radius 3 is 2.48 bits per heavy atom. The summed E-state index contributed by atoms with van der Waals surface area (Å²) in [5.41, 5.74) is 0.225. The van der Waals surface area contributed by atoms with Crippen molar-refractivity contribution in [1.29, 1.82) is 0 Å². The van der Waals surface area contributed by atoms with Crippen LogP contribution in [0.4, 0.5) is 13.2 Å². The maximum atomic E-state index is 14.3. The van der Waals surface area contributed by atoms with Crippen molar-refractivity contribution in [1.82, 2.24) is 5.32 Å². The predicted octanol–water partition coefficient (Wildman–Crippen LogP) is 4.76. The minimum absolute atomic E-state index is 0.0797. The largest absolute Gasteiger partial charge is 0.306 e. The molecule has 0 saturated carbocycles. The number of aryl methyl sites for hydroxylation is 1. The fraction of sp³-hybridized carbons (Fsp3) is 0.250. The normalized spacial score (nSPS) is 12.5. The Labute approximate surface area is 126 Å². The highest BCUT2D eigenvalue weighted by molar-refractivity contribution is 6.30. The summed E-state index contributed by atoms with van der Waals surface area (Å²) >= 11 is 5.77. The van der Waals surface area contributed by atoms with Gasteiger partial charge in [0.1, 0.15) is 17.5 Å². The summed E-state index contributed by atoms with van der Waals surface area (Å²) in [6.07, 6.45) is 0. The van der Waals surface area contributed by atoms with Crippen LogP contribution in [-0.2, 0) is 0 Å². The zero-order valence-electron chi connectivity index (χ0n) is 11.7. The average molecular weight is 314 g/mol. The van der Waals surface area contributed by atoms with E-state index in [1.54, 1.807) is 13.0 Å². The maximum Gasteiger partial charge on any atom is 0.146 e. The van der Waals surface area contributed by atoms with Crippen molar-refractivity contribution in [3.05, 3.63) is 69.5 Å². The predicted molar refractivity (Wildman–Crippen MR) is 78.0 cm³/mol. The molecule has 0 aromatic heterocycles. The van der Waals surface area contributed by atoms with Crippen LogP contribution in [0.15, 0.2) is 30.3 Å². The van der Waals surface area contributed by atoms with Crippen LogP contribution in [0.2, 0.25) is 5.02 Å². The van der Waals surface area contributed by atoms with Gasteiger partial charge in [0.2, 0.25) is 0 Å². The molecule has 1 N–H and O–H groups in total. The Balaban J connectivity index is 2.65. The molecule has 0 aliphatic rings. The van der Waals surface area contributed by atoms with Gasteiger partial charge in [0, 0.05) is 11.1 Å². The minimum atomic E-state index is -0.936. The van der Waals surface area contributed by atoms with E-state index in [9.17, 15) is 13.2 Å². The Kier molecular flexibility index (Phi) is 4.91. The molecule has 0 fully saturated rings. The van der Waals surface area contributed by atoms with Crippen molar-refractivity contribution in [2.45, 2.75) is 19.9 Å². The van der Waals surface area contributed by atoms with Gasteiger partial charge in [0.15, 0.2) is 0 Å². The van der Waals surface area contributed by atoms with E-state index in [1.165, 1.54) is 31.2 Å². The van der Waals surface area contributed by atoms with Crippen molar-refractivity contribution >= 4 is 11.6 Å². The van der Waals surface area contributed by atoms with Gasteiger partial charge < -0.3 is 5.32 Å². The van der Waals surface area contributed by atoms with Gasteiger partial charge in [-0.1, -0.05) is 36.7 Å². The molecule has 2 aromatic rings. The van der Waals surface area contributed by atoms with Crippen LogP contribution in [0.3, 0.4) is 0 Å². The summed E-state index contributed by atoms with van der Waals surface area (Å²) in [5, 5.41) is 2.83. The average Bonchev–Trinajstić information content (AvgIpc) is 2.45. The molecule has 0 aliphatic heterocycles. The molecule has 0 amide bonds. The van der Waals surface area contributed by atoms with Gasteiger partial charge in [-0.05, 0) is 31.2 Å². The third kappa shape index (κ3) is 3.06. The lowest BCUT2D eigenvalue weighted by Gasteiger charge is -2.21. The second-order valence-electron chi connectivity index (χ2n) is 4.73. The van der Waals surface area contributed by atoms with Crippen LogP contribution in [0.1, 0.15) is 29.7 Å². The Hall–Kier alpha value is -1.52. The standard InChI is InChI=1S/C16H15ClF3N/c1-3-21-16(10-5-4-6-11(17)15(10)20)13-12(18)8-7-9(2)14(13)19/h4-8,16,21H,3H2,1-2H3. The molecule has 0 bridgehead atoms. The number of hydrogen-bond acceptors (Lipinski definition) is 1. The van der Waals surface area contributed by atoms with Gasteiger partial charge in [-0.3, -0.25) is 0 Å². The quantitative estimate of drug-likeness (QED) is 0.857. The molecule has 1 atom stereocenters. The second-order valence-corrected chi connectivity index (χ2v) is 5.13. The van der Waals surface area contributed by atoms with E-state index in [1.807, 2.05) is 0 Å². The lowest BCUT2D eigenvalue weighted by atomic mass is 9.95. The fourth-order valence-electron chi connectivity index (χ4n) is 2.26. The summed E-state index contributed by atoms with van der Waals surface area (Å²) in [7, 11) is 0. The lowest BCUT2D eigenvalue weighted by Crippen LogP contribution is -2.25. The second kappa shape index (κ2) is 6.50. The van der Waals surface area contributed by atoms with Crippen molar-refractivity contribution in [2.75, 3.05) is 6.54 Å². The third-order valence-electron chi connectivity index (χ3n) is 3.31. The van der Waals surface area contributed by atoms with Gasteiger partial charge in [-0.2, -0.15) is 0 Å². The smallest absolute Gasteiger partial charge is 0.146 e. The van der Waals surface area contributed by atoms with Gasteiger partial charge in [0.05, 0.1) is 11.1 Å². The number of benzene rings is 2. The van der Waals surface area contributed by atoms with Crippen molar-refractivity contribution < 1.29 is 13.2 Å². The topological polar surface area (TPSA) is 12.0 Å². The highest BCUT2D eigenvalue weighted by Crippen LogP contribution is 2.32. The van der Waals surface area contributed by atoms with E-state index in [0.29, 0.717) is 12.1 Å². The van der Waals surface area contributed by atoms with Crippen molar-refractivity contribution in [2.24, 2.45) is 0 Å². The van der Waals surface area contributed by atoms with E-state index < -0.39 is 23.5 Å². The first-order chi connectivity index (χ1) is 9.97. The number of hydrogen-bond donors (Lipinski definition) is 1. The van der Waals surface area contributed by atoms with E-state index in [-0.39, 0.29) is 16.1 Å². The molecule has 2 aromatic carbocycles. The fourth-order valence-corrected chi connectivity index (χ4v) is 2.44. The highest BCUT2D eigenvalue weighted by Gasteiger charge is 2.25. The highest BCUT2D eigenvalue weighted by atomic mass is 35.5. The first-order valence-electron chi connectivity index (χ1n) is 6.59. The van der Waals surface area contributed by atoms with Crippen LogP contribution in [-0.4, -0.2) is 6.54 Å². The Bertz CT molecular complexity index is 658. The molecular formula is C16H15ClF3N. The summed E-state index contributed by atoms with van der Waals surface area (Å²) in [5.74, 6) is -2.07. The SMILES string of the molecule is CCNC(c1cccc(Cl)c1F)c1c(F)ccc(C)c1F. The van der Waals surface area contributed by atoms with Gasteiger partial charge >= 0.3 is 0 Å². The first kappa shape index (κ1) is 15.9. The third-order valence-corrected chi connectivity index (χ3v) is 3.60. The van der Waals surface area contributed by atoms with Crippen LogP contribution in [0, 0.1) is 24.4 Å². The van der Waals surface area contributed by atoms with E-state index in [4.69, 9.17) is 11.6 Å². The van der Waals surface area contributed by atoms with Crippen LogP contribution >= 0.6 is 11.6 Å². The molecule has 0 radical (unpaired) electrons. The number of halogens is 4. The summed E-state index contributed by atoms with van der Waals surface area (Å²) in [4.78, 5) is 0. The van der Waals surface area contributed by atoms with Crippen LogP contribution < -0.4 is 5.32 Å². The maximum absolute atomic E-state index is 14.3. The van der Waals surface area contributed by atoms with Gasteiger partial charge in [-0.15, -0.1) is 0 Å². The number of rotatable bonds is 4. The molecule has 2 rings (SSSR count). The molecule has 0 aliphatic carbocycles. The molecule has 1 nitrogen and oxygen atoms in total. The Morgan fingerprint density at radius 2 is 1.81 bits per heavy atom. The zero-order chi connectivity index (χ0) is 15.6. The first-order valence-corrected chi connectivity index (χ1v) is 6.97.